The van der Waals surface area contributed by atoms with Gasteiger partial charge in [0.25, 0.3) is 0 Å². The van der Waals surface area contributed by atoms with Gasteiger partial charge in [0.1, 0.15) is 0 Å². The third-order valence-electron chi connectivity index (χ3n) is 3.52. The van der Waals surface area contributed by atoms with Gasteiger partial charge >= 0.3 is 0 Å². The molecule has 4 heteroatoms. The van der Waals surface area contributed by atoms with Crippen LogP contribution in [0.3, 0.4) is 0 Å². The van der Waals surface area contributed by atoms with E-state index in [0.29, 0.717) is 6.42 Å². The van der Waals surface area contributed by atoms with Crippen molar-refractivity contribution in [2.75, 3.05) is 6.61 Å². The van der Waals surface area contributed by atoms with Gasteiger partial charge < -0.3 is 10.2 Å². The number of hydrogen-bond acceptors (Lipinski definition) is 2. The van der Waals surface area contributed by atoms with Gasteiger partial charge in [-0.25, -0.2) is 0 Å². The molecule has 0 fully saturated rings. The van der Waals surface area contributed by atoms with Crippen LogP contribution < -0.4 is 0 Å². The number of halogens is 2. The molecular weight excluding hydrogens is 502 g/mol. The third kappa shape index (κ3) is 4.78. The Morgan fingerprint density at radius 2 is 1.45 bits per heavy atom. The van der Waals surface area contributed by atoms with Crippen LogP contribution in [0, 0.1) is 5.92 Å². The smallest absolute Gasteiger partial charge is 0.0910 e. The van der Waals surface area contributed by atoms with Gasteiger partial charge in [0, 0.05) is 19.7 Å². The second-order valence-corrected chi connectivity index (χ2v) is 7.35. The van der Waals surface area contributed by atoms with Crippen LogP contribution in [0.25, 0.3) is 3.58 Å². The maximum atomic E-state index is 10.6. The highest BCUT2D eigenvalue weighted by Gasteiger charge is 2.23. The van der Waals surface area contributed by atoms with E-state index in [1.54, 1.807) is 0 Å². The van der Waals surface area contributed by atoms with E-state index in [1.807, 2.05) is 60.7 Å². The Morgan fingerprint density at radius 1 is 0.909 bits per heavy atom. The van der Waals surface area contributed by atoms with Crippen molar-refractivity contribution in [1.29, 1.82) is 0 Å². The Labute approximate surface area is 158 Å². The molecule has 2 aromatic carbocycles. The summed E-state index contributed by atoms with van der Waals surface area (Å²) in [6, 6.07) is 20.0. The van der Waals surface area contributed by atoms with Crippen LogP contribution >= 0.6 is 45.2 Å². The summed E-state index contributed by atoms with van der Waals surface area (Å²) in [4.78, 5) is 0. The fourth-order valence-corrected chi connectivity index (χ4v) is 3.75. The van der Waals surface area contributed by atoms with Crippen molar-refractivity contribution in [3.8, 4) is 0 Å². The van der Waals surface area contributed by atoms with E-state index in [2.05, 4.69) is 45.2 Å². The Balaban J connectivity index is 2.18. The summed E-state index contributed by atoms with van der Waals surface area (Å²) in [5.41, 5.74) is 2.21. The summed E-state index contributed by atoms with van der Waals surface area (Å²) in [7, 11) is 0. The highest BCUT2D eigenvalue weighted by molar-refractivity contribution is 14.1. The molecule has 0 aromatic heterocycles. The van der Waals surface area contributed by atoms with Gasteiger partial charge in [0.2, 0.25) is 0 Å². The van der Waals surface area contributed by atoms with E-state index in [4.69, 9.17) is 0 Å². The molecule has 0 heterocycles. The monoisotopic (exact) mass is 520 g/mol. The lowest BCUT2D eigenvalue weighted by Crippen LogP contribution is -2.26. The van der Waals surface area contributed by atoms with Gasteiger partial charge in [-0.2, -0.15) is 0 Å². The number of aliphatic hydroxyl groups is 2. The van der Waals surface area contributed by atoms with E-state index >= 15 is 0 Å². The lowest BCUT2D eigenvalue weighted by molar-refractivity contribution is 0.0999. The van der Waals surface area contributed by atoms with Crippen LogP contribution in [0.15, 0.2) is 64.2 Å². The van der Waals surface area contributed by atoms with Crippen LogP contribution in [0.1, 0.15) is 11.1 Å². The molecule has 2 atom stereocenters. The van der Waals surface area contributed by atoms with Gasteiger partial charge in [-0.05, 0) is 62.7 Å². The minimum Gasteiger partial charge on any atom is -0.396 e. The number of benzene rings is 2. The average molecular weight is 520 g/mol. The standard InChI is InChI=1S/C18H18I2O2/c19-16(14-9-5-2-6-10-14)17(20)18(22)15(12-21)11-13-7-3-1-4-8-13/h1-10,15,18,21-22H,11-12H2/b17-16+/t15-,18-/m0/s1. The minimum absolute atomic E-state index is 0.0404. The van der Waals surface area contributed by atoms with Crippen molar-refractivity contribution in [3.05, 3.63) is 75.4 Å². The van der Waals surface area contributed by atoms with E-state index in [1.165, 1.54) is 0 Å². The first-order valence-electron chi connectivity index (χ1n) is 7.07. The molecule has 0 saturated heterocycles. The molecule has 0 aliphatic heterocycles. The van der Waals surface area contributed by atoms with Crippen molar-refractivity contribution >= 4 is 48.8 Å². The molecule has 0 saturated carbocycles. The number of hydrogen-bond donors (Lipinski definition) is 2. The summed E-state index contributed by atoms with van der Waals surface area (Å²) >= 11 is 4.45. The van der Waals surface area contributed by atoms with Gasteiger partial charge in [0.15, 0.2) is 0 Å². The number of rotatable bonds is 6. The minimum atomic E-state index is -0.669. The molecule has 0 bridgehead atoms. The summed E-state index contributed by atoms with van der Waals surface area (Å²) in [6.07, 6.45) is -0.0121. The SMILES string of the molecule is OC[C@H](Cc1ccccc1)[C@H](O)/C(I)=C(\I)c1ccccc1. The number of aliphatic hydroxyl groups excluding tert-OH is 2. The van der Waals surface area contributed by atoms with Crippen LogP contribution in [0.4, 0.5) is 0 Å². The Morgan fingerprint density at radius 3 is 2.00 bits per heavy atom. The highest BCUT2D eigenvalue weighted by atomic mass is 127. The lowest BCUT2D eigenvalue weighted by atomic mass is 9.94. The third-order valence-corrected chi connectivity index (χ3v) is 6.93. The fourth-order valence-electron chi connectivity index (χ4n) is 2.25. The summed E-state index contributed by atoms with van der Waals surface area (Å²) in [5.74, 6) is -0.206. The van der Waals surface area contributed by atoms with Crippen molar-refractivity contribution in [1.82, 2.24) is 0 Å². The summed E-state index contributed by atoms with van der Waals surface area (Å²) in [5, 5.41) is 20.3. The molecule has 2 N–H and O–H groups in total. The Hall–Kier alpha value is -0.440. The van der Waals surface area contributed by atoms with E-state index < -0.39 is 6.10 Å². The van der Waals surface area contributed by atoms with Crippen molar-refractivity contribution in [2.24, 2.45) is 5.92 Å². The molecule has 0 aliphatic carbocycles. The molecule has 0 amide bonds. The highest BCUT2D eigenvalue weighted by Crippen LogP contribution is 2.34. The van der Waals surface area contributed by atoms with Crippen LogP contribution in [0.5, 0.6) is 0 Å². The second kappa shape index (κ2) is 9.00. The molecule has 116 valence electrons. The lowest BCUT2D eigenvalue weighted by Gasteiger charge is -2.22. The normalized spacial score (nSPS) is 15.1. The largest absolute Gasteiger partial charge is 0.396 e. The first-order valence-corrected chi connectivity index (χ1v) is 9.22. The summed E-state index contributed by atoms with van der Waals surface area (Å²) < 4.78 is 1.90. The molecule has 2 aromatic rings. The van der Waals surface area contributed by atoms with Gasteiger partial charge in [-0.15, -0.1) is 0 Å². The second-order valence-electron chi connectivity index (χ2n) is 5.11. The van der Waals surface area contributed by atoms with Gasteiger partial charge in [-0.3, -0.25) is 0 Å². The Bertz CT molecular complexity index is 611. The zero-order valence-electron chi connectivity index (χ0n) is 12.0. The molecule has 0 spiro atoms. The molecule has 0 radical (unpaired) electrons. The van der Waals surface area contributed by atoms with Crippen LogP contribution in [-0.2, 0) is 6.42 Å². The molecule has 0 unspecified atom stereocenters. The van der Waals surface area contributed by atoms with Crippen molar-refractivity contribution in [2.45, 2.75) is 12.5 Å². The van der Waals surface area contributed by atoms with Gasteiger partial charge in [0.05, 0.1) is 6.10 Å². The van der Waals surface area contributed by atoms with Gasteiger partial charge in [-0.1, -0.05) is 60.7 Å². The quantitative estimate of drug-likeness (QED) is 0.554. The molecule has 0 aliphatic rings. The first-order chi connectivity index (χ1) is 10.6. The van der Waals surface area contributed by atoms with E-state index in [9.17, 15) is 10.2 Å². The predicted octanol–water partition coefficient (Wildman–Crippen LogP) is 4.44. The average Bonchev–Trinajstić information content (AvgIpc) is 2.59. The summed E-state index contributed by atoms with van der Waals surface area (Å²) in [6.45, 7) is -0.0404. The molecule has 2 nitrogen and oxygen atoms in total. The zero-order valence-corrected chi connectivity index (χ0v) is 16.3. The van der Waals surface area contributed by atoms with Crippen LogP contribution in [0.2, 0.25) is 0 Å². The van der Waals surface area contributed by atoms with Crippen LogP contribution in [-0.4, -0.2) is 22.9 Å². The maximum Gasteiger partial charge on any atom is 0.0910 e. The van der Waals surface area contributed by atoms with Crippen molar-refractivity contribution < 1.29 is 10.2 Å². The van der Waals surface area contributed by atoms with E-state index in [-0.39, 0.29) is 12.5 Å². The van der Waals surface area contributed by atoms with Crippen molar-refractivity contribution in [3.63, 3.8) is 0 Å². The molecule has 2 rings (SSSR count). The predicted molar refractivity (Wildman–Crippen MR) is 108 cm³/mol. The topological polar surface area (TPSA) is 40.5 Å². The maximum absolute atomic E-state index is 10.6. The van der Waals surface area contributed by atoms with E-state index in [0.717, 1.165) is 18.3 Å². The zero-order chi connectivity index (χ0) is 15.9. The molecular formula is C18H18I2O2. The first kappa shape index (κ1) is 17.9. The fraction of sp³-hybridized carbons (Fsp3) is 0.222. The Kier molecular flexibility index (Phi) is 7.33. The molecule has 22 heavy (non-hydrogen) atoms.